The minimum Gasteiger partial charge on any atom is -0.284 e. The van der Waals surface area contributed by atoms with Gasteiger partial charge in [-0.2, -0.15) is 8.73 Å². The molecule has 0 bridgehead atoms. The summed E-state index contributed by atoms with van der Waals surface area (Å²) in [7, 11) is -3.71. The number of hydrogen-bond donors (Lipinski definition) is 1. The summed E-state index contributed by atoms with van der Waals surface area (Å²) in [5.41, 5.74) is 0.962. The average molecular weight is 299 g/mol. The second-order valence-electron chi connectivity index (χ2n) is 4.50. The molecule has 3 rings (SSSR count). The van der Waals surface area contributed by atoms with E-state index in [4.69, 9.17) is 4.84 Å². The molecule has 1 heterocycles. The van der Waals surface area contributed by atoms with Gasteiger partial charge in [-0.25, -0.2) is 8.42 Å². The van der Waals surface area contributed by atoms with Crippen molar-refractivity contribution in [1.82, 2.24) is 4.89 Å². The molecular weight excluding hydrogens is 286 g/mol. The smallest absolute Gasteiger partial charge is 0.264 e. The monoisotopic (exact) mass is 299 g/mol. The van der Waals surface area contributed by atoms with Crippen LogP contribution in [0.15, 0.2) is 31.8 Å². The lowest BCUT2D eigenvalue weighted by atomic mass is 10.3. The average Bonchev–Trinajstić information content (AvgIpc) is 3.06. The van der Waals surface area contributed by atoms with Crippen LogP contribution in [0.2, 0.25) is 0 Å². The predicted octanol–water partition coefficient (Wildman–Crippen LogP) is 2.57. The van der Waals surface area contributed by atoms with Crippen molar-refractivity contribution in [2.45, 2.75) is 36.7 Å². The van der Waals surface area contributed by atoms with Gasteiger partial charge in [0.1, 0.15) is 16.3 Å². The SMILES string of the molecule is O=S(=O)(NOC1CCCC1)c1cccc2c1N=S=N2. The molecule has 0 spiro atoms. The van der Waals surface area contributed by atoms with Crippen molar-refractivity contribution in [2.75, 3.05) is 0 Å². The molecule has 6 nitrogen and oxygen atoms in total. The molecule has 1 fully saturated rings. The molecule has 0 radical (unpaired) electrons. The Balaban J connectivity index is 1.81. The molecule has 0 amide bonds. The van der Waals surface area contributed by atoms with Crippen LogP contribution in [0.3, 0.4) is 0 Å². The molecule has 1 aromatic rings. The van der Waals surface area contributed by atoms with E-state index in [0.29, 0.717) is 11.4 Å². The Hall–Kier alpha value is -1.09. The summed E-state index contributed by atoms with van der Waals surface area (Å²) in [5.74, 6) is 0. The van der Waals surface area contributed by atoms with Crippen LogP contribution in [-0.2, 0) is 26.2 Å². The highest BCUT2D eigenvalue weighted by Gasteiger charge is 2.25. The number of benzene rings is 1. The first-order valence-corrected chi connectivity index (χ1v) is 8.27. The fourth-order valence-corrected chi connectivity index (χ4v) is 3.80. The Morgan fingerprint density at radius 1 is 1.26 bits per heavy atom. The van der Waals surface area contributed by atoms with E-state index in [2.05, 4.69) is 13.6 Å². The highest BCUT2D eigenvalue weighted by Crippen LogP contribution is 2.37. The Morgan fingerprint density at radius 2 is 2.05 bits per heavy atom. The van der Waals surface area contributed by atoms with Crippen LogP contribution >= 0.6 is 0 Å². The second-order valence-corrected chi connectivity index (χ2v) is 6.64. The van der Waals surface area contributed by atoms with Crippen LogP contribution in [0.5, 0.6) is 0 Å². The number of sulfonamides is 1. The molecule has 0 unspecified atom stereocenters. The number of nitrogens with zero attached hydrogens (tertiary/aromatic N) is 2. The van der Waals surface area contributed by atoms with E-state index in [-0.39, 0.29) is 11.0 Å². The molecule has 0 aromatic heterocycles. The predicted molar refractivity (Wildman–Crippen MR) is 71.6 cm³/mol. The summed E-state index contributed by atoms with van der Waals surface area (Å²) in [6.07, 6.45) is 3.92. The van der Waals surface area contributed by atoms with Gasteiger partial charge in [-0.3, -0.25) is 4.84 Å². The van der Waals surface area contributed by atoms with Crippen molar-refractivity contribution < 1.29 is 13.3 Å². The third kappa shape index (κ3) is 2.62. The van der Waals surface area contributed by atoms with Gasteiger partial charge >= 0.3 is 0 Å². The third-order valence-electron chi connectivity index (χ3n) is 3.17. The number of rotatable bonds is 4. The first-order chi connectivity index (χ1) is 9.17. The van der Waals surface area contributed by atoms with Crippen LogP contribution in [0.25, 0.3) is 0 Å². The highest BCUT2D eigenvalue weighted by atomic mass is 32.2. The van der Waals surface area contributed by atoms with E-state index in [0.717, 1.165) is 37.0 Å². The van der Waals surface area contributed by atoms with Crippen LogP contribution in [0.4, 0.5) is 11.4 Å². The summed E-state index contributed by atoms with van der Waals surface area (Å²) in [4.78, 5) is 7.58. The maximum Gasteiger partial charge on any atom is 0.264 e. The van der Waals surface area contributed by atoms with Gasteiger partial charge in [-0.15, -0.1) is 0 Å². The van der Waals surface area contributed by atoms with E-state index < -0.39 is 10.0 Å². The molecule has 8 heteroatoms. The highest BCUT2D eigenvalue weighted by molar-refractivity contribution is 7.89. The second kappa shape index (κ2) is 5.12. The molecule has 1 aromatic carbocycles. The van der Waals surface area contributed by atoms with Gasteiger partial charge in [0.05, 0.1) is 17.5 Å². The number of hydrogen-bond acceptors (Lipinski definition) is 5. The fourth-order valence-electron chi connectivity index (χ4n) is 2.18. The molecular formula is C11H13N3O3S2. The van der Waals surface area contributed by atoms with E-state index in [1.807, 2.05) is 0 Å². The fraction of sp³-hybridized carbons (Fsp3) is 0.455. The van der Waals surface area contributed by atoms with Gasteiger partial charge in [-0.05, 0) is 25.0 Å². The van der Waals surface area contributed by atoms with Gasteiger partial charge in [0.25, 0.3) is 10.0 Å². The molecule has 1 aliphatic heterocycles. The molecule has 0 atom stereocenters. The Labute approximate surface area is 115 Å². The maximum atomic E-state index is 12.2. The van der Waals surface area contributed by atoms with Crippen molar-refractivity contribution in [1.29, 1.82) is 0 Å². The van der Waals surface area contributed by atoms with E-state index in [1.54, 1.807) is 12.1 Å². The topological polar surface area (TPSA) is 80.1 Å². The minimum atomic E-state index is -3.71. The maximum absolute atomic E-state index is 12.2. The number of nitrogens with one attached hydrogen (secondary N) is 1. The van der Waals surface area contributed by atoms with Crippen molar-refractivity contribution in [2.24, 2.45) is 8.73 Å². The van der Waals surface area contributed by atoms with Crippen LogP contribution in [0, 0.1) is 0 Å². The molecule has 1 saturated carbocycles. The van der Waals surface area contributed by atoms with E-state index in [1.165, 1.54) is 6.07 Å². The molecule has 1 aliphatic carbocycles. The van der Waals surface area contributed by atoms with Crippen molar-refractivity contribution in [3.05, 3.63) is 18.2 Å². The standard InChI is InChI=1S/C11H13N3O3S2/c15-19(16,14-17-8-4-1-2-5-8)10-7-3-6-9-11(10)13-18-12-9/h3,6-8,14H,1-2,4-5H2. The van der Waals surface area contributed by atoms with Gasteiger partial charge in [0, 0.05) is 0 Å². The zero-order valence-electron chi connectivity index (χ0n) is 10.1. The summed E-state index contributed by atoms with van der Waals surface area (Å²) < 4.78 is 32.5. The van der Waals surface area contributed by atoms with E-state index in [9.17, 15) is 8.42 Å². The lowest BCUT2D eigenvalue weighted by Crippen LogP contribution is -2.28. The minimum absolute atomic E-state index is 0.0254. The van der Waals surface area contributed by atoms with Gasteiger partial charge in [-0.1, -0.05) is 23.8 Å². The van der Waals surface area contributed by atoms with E-state index >= 15 is 0 Å². The van der Waals surface area contributed by atoms with Gasteiger partial charge in [0.2, 0.25) is 0 Å². The summed E-state index contributed by atoms with van der Waals surface area (Å²) in [5, 5.41) is 0. The largest absolute Gasteiger partial charge is 0.284 e. The van der Waals surface area contributed by atoms with Crippen molar-refractivity contribution in [3.63, 3.8) is 0 Å². The molecule has 1 N–H and O–H groups in total. The van der Waals surface area contributed by atoms with Crippen molar-refractivity contribution in [3.8, 4) is 0 Å². The van der Waals surface area contributed by atoms with Crippen LogP contribution in [0.1, 0.15) is 25.7 Å². The molecule has 0 saturated heterocycles. The first kappa shape index (κ1) is 12.9. The zero-order valence-corrected chi connectivity index (χ0v) is 11.7. The Morgan fingerprint density at radius 3 is 2.84 bits per heavy atom. The lowest BCUT2D eigenvalue weighted by molar-refractivity contribution is 0.0223. The molecule has 102 valence electrons. The zero-order chi connectivity index (χ0) is 13.3. The summed E-state index contributed by atoms with van der Waals surface area (Å²) in [6.45, 7) is 0. The summed E-state index contributed by atoms with van der Waals surface area (Å²) >= 11 is 0.994. The van der Waals surface area contributed by atoms with Crippen LogP contribution in [-0.4, -0.2) is 14.5 Å². The Kier molecular flexibility index (Phi) is 3.48. The Bertz CT molecular complexity index is 660. The molecule has 19 heavy (non-hydrogen) atoms. The third-order valence-corrected chi connectivity index (χ3v) is 4.93. The van der Waals surface area contributed by atoms with Crippen LogP contribution < -0.4 is 4.89 Å². The normalized spacial score (nSPS) is 18.5. The quantitative estimate of drug-likeness (QED) is 0.881. The summed E-state index contributed by atoms with van der Waals surface area (Å²) in [6, 6.07) is 4.88. The van der Waals surface area contributed by atoms with Gasteiger partial charge < -0.3 is 0 Å². The lowest BCUT2D eigenvalue weighted by Gasteiger charge is -2.12. The number of fused-ring (bicyclic) bond motifs is 1. The van der Waals surface area contributed by atoms with Crippen molar-refractivity contribution >= 4 is 32.8 Å². The first-order valence-electron chi connectivity index (χ1n) is 6.05. The molecule has 2 aliphatic rings. The van der Waals surface area contributed by atoms with Gasteiger partial charge in [0.15, 0.2) is 0 Å².